The number of aromatic nitrogens is 1. The molecule has 0 aliphatic rings. The van der Waals surface area contributed by atoms with Crippen molar-refractivity contribution in [3.8, 4) is 0 Å². The van der Waals surface area contributed by atoms with Gasteiger partial charge in [0.25, 0.3) is 11.8 Å². The summed E-state index contributed by atoms with van der Waals surface area (Å²) in [7, 11) is 0. The molecule has 0 bridgehead atoms. The monoisotopic (exact) mass is 385 g/mol. The molecule has 0 saturated carbocycles. The molecule has 0 spiro atoms. The topological polar surface area (TPSA) is 71.1 Å². The molecule has 0 radical (unpaired) electrons. The van der Waals surface area contributed by atoms with Crippen LogP contribution in [0.2, 0.25) is 5.02 Å². The van der Waals surface area contributed by atoms with Crippen molar-refractivity contribution in [2.45, 2.75) is 13.8 Å². The van der Waals surface area contributed by atoms with Crippen LogP contribution in [0.1, 0.15) is 31.2 Å². The van der Waals surface area contributed by atoms with Gasteiger partial charge >= 0.3 is 0 Å². The SMILES string of the molecule is Cc1ccc(NC(=O)c2sc(NC(=O)c3ccccc3Cl)cc2C)nc1. The Labute approximate surface area is 160 Å². The maximum absolute atomic E-state index is 12.5. The third kappa shape index (κ3) is 4.09. The average molecular weight is 386 g/mol. The van der Waals surface area contributed by atoms with E-state index >= 15 is 0 Å². The van der Waals surface area contributed by atoms with Crippen LogP contribution < -0.4 is 10.6 Å². The molecule has 5 nitrogen and oxygen atoms in total. The molecule has 2 heterocycles. The molecule has 2 aromatic heterocycles. The molecule has 0 saturated heterocycles. The van der Waals surface area contributed by atoms with Crippen molar-refractivity contribution in [3.63, 3.8) is 0 Å². The van der Waals surface area contributed by atoms with Crippen molar-refractivity contribution < 1.29 is 9.59 Å². The first-order chi connectivity index (χ1) is 12.4. The number of pyridine rings is 1. The van der Waals surface area contributed by atoms with E-state index in [-0.39, 0.29) is 11.8 Å². The predicted octanol–water partition coefficient (Wildman–Crippen LogP) is 4.92. The number of aryl methyl sites for hydroxylation is 2. The predicted molar refractivity (Wildman–Crippen MR) is 105 cm³/mol. The van der Waals surface area contributed by atoms with Gasteiger partial charge in [-0.3, -0.25) is 9.59 Å². The Morgan fingerprint density at radius 3 is 2.50 bits per heavy atom. The van der Waals surface area contributed by atoms with Crippen LogP contribution in [0.25, 0.3) is 0 Å². The highest BCUT2D eigenvalue weighted by molar-refractivity contribution is 7.18. The first kappa shape index (κ1) is 18.1. The molecule has 2 amide bonds. The van der Waals surface area contributed by atoms with Crippen molar-refractivity contribution in [2.24, 2.45) is 0 Å². The summed E-state index contributed by atoms with van der Waals surface area (Å²) in [5, 5.41) is 6.50. The van der Waals surface area contributed by atoms with Crippen LogP contribution >= 0.6 is 22.9 Å². The van der Waals surface area contributed by atoms with Gasteiger partial charge < -0.3 is 10.6 Å². The number of halogens is 1. The second kappa shape index (κ2) is 7.68. The molecule has 3 rings (SSSR count). The van der Waals surface area contributed by atoms with E-state index in [2.05, 4.69) is 15.6 Å². The summed E-state index contributed by atoms with van der Waals surface area (Å²) < 4.78 is 0. The van der Waals surface area contributed by atoms with Crippen LogP contribution in [0.5, 0.6) is 0 Å². The third-order valence-corrected chi connectivity index (χ3v) is 5.11. The van der Waals surface area contributed by atoms with Crippen molar-refractivity contribution in [1.29, 1.82) is 0 Å². The Balaban J connectivity index is 1.74. The lowest BCUT2D eigenvalue weighted by Gasteiger charge is -2.04. The van der Waals surface area contributed by atoms with Gasteiger partial charge in [0.05, 0.1) is 20.5 Å². The highest BCUT2D eigenvalue weighted by Gasteiger charge is 2.17. The van der Waals surface area contributed by atoms with Gasteiger partial charge in [0.2, 0.25) is 0 Å². The van der Waals surface area contributed by atoms with Crippen molar-refractivity contribution in [3.05, 3.63) is 75.3 Å². The van der Waals surface area contributed by atoms with Gasteiger partial charge in [-0.15, -0.1) is 11.3 Å². The average Bonchev–Trinajstić information content (AvgIpc) is 2.97. The minimum absolute atomic E-state index is 0.262. The number of benzene rings is 1. The van der Waals surface area contributed by atoms with E-state index in [0.29, 0.717) is 26.3 Å². The number of anilines is 2. The number of carbonyl (C=O) groups excluding carboxylic acids is 2. The number of nitrogens with zero attached hydrogens (tertiary/aromatic N) is 1. The molecular weight excluding hydrogens is 370 g/mol. The maximum atomic E-state index is 12.5. The largest absolute Gasteiger partial charge is 0.313 e. The summed E-state index contributed by atoms with van der Waals surface area (Å²) in [4.78, 5) is 29.5. The molecule has 0 aliphatic carbocycles. The fraction of sp³-hybridized carbons (Fsp3) is 0.105. The fourth-order valence-electron chi connectivity index (χ4n) is 2.31. The standard InChI is InChI=1S/C19H16ClN3O2S/c1-11-7-8-15(21-10-11)22-19(25)17-12(2)9-16(26-17)23-18(24)13-5-3-4-6-14(13)20/h3-10H,1-2H3,(H,23,24)(H,21,22,25). The molecular formula is C19H16ClN3O2S. The zero-order valence-electron chi connectivity index (χ0n) is 14.2. The highest BCUT2D eigenvalue weighted by Crippen LogP contribution is 2.28. The first-order valence-corrected chi connectivity index (χ1v) is 9.04. The van der Waals surface area contributed by atoms with Gasteiger partial charge in [-0.2, -0.15) is 0 Å². The number of rotatable bonds is 4. The Morgan fingerprint density at radius 1 is 1.04 bits per heavy atom. The van der Waals surface area contributed by atoms with E-state index in [1.54, 1.807) is 42.6 Å². The van der Waals surface area contributed by atoms with E-state index in [9.17, 15) is 9.59 Å². The van der Waals surface area contributed by atoms with Gasteiger partial charge in [0, 0.05) is 6.20 Å². The lowest BCUT2D eigenvalue weighted by Crippen LogP contribution is -2.12. The van der Waals surface area contributed by atoms with Crippen LogP contribution in [0, 0.1) is 13.8 Å². The lowest BCUT2D eigenvalue weighted by molar-refractivity contribution is 0.102. The quantitative estimate of drug-likeness (QED) is 0.669. The molecule has 0 aliphatic heterocycles. The minimum atomic E-state index is -0.316. The van der Waals surface area contributed by atoms with Gasteiger partial charge in [0.1, 0.15) is 5.82 Å². The smallest absolute Gasteiger partial charge is 0.267 e. The fourth-order valence-corrected chi connectivity index (χ4v) is 3.49. The number of hydrogen-bond donors (Lipinski definition) is 2. The zero-order chi connectivity index (χ0) is 18.7. The van der Waals surface area contributed by atoms with E-state index in [4.69, 9.17) is 11.6 Å². The summed E-state index contributed by atoms with van der Waals surface area (Å²) in [6, 6.07) is 12.2. The highest BCUT2D eigenvalue weighted by atomic mass is 35.5. The summed E-state index contributed by atoms with van der Waals surface area (Å²) >= 11 is 7.25. The Bertz CT molecular complexity index is 967. The summed E-state index contributed by atoms with van der Waals surface area (Å²) in [6.45, 7) is 3.75. The van der Waals surface area contributed by atoms with Crippen molar-refractivity contribution >= 4 is 45.6 Å². The second-order valence-electron chi connectivity index (χ2n) is 5.73. The maximum Gasteiger partial charge on any atom is 0.267 e. The first-order valence-electron chi connectivity index (χ1n) is 7.84. The zero-order valence-corrected chi connectivity index (χ0v) is 15.7. The van der Waals surface area contributed by atoms with Gasteiger partial charge in [-0.05, 0) is 49.2 Å². The van der Waals surface area contributed by atoms with Crippen molar-refractivity contribution in [2.75, 3.05) is 10.6 Å². The number of carbonyl (C=O) groups is 2. The molecule has 26 heavy (non-hydrogen) atoms. The second-order valence-corrected chi connectivity index (χ2v) is 7.19. The normalized spacial score (nSPS) is 10.4. The molecule has 7 heteroatoms. The minimum Gasteiger partial charge on any atom is -0.313 e. The molecule has 3 aromatic rings. The molecule has 0 fully saturated rings. The molecule has 0 atom stereocenters. The molecule has 132 valence electrons. The summed E-state index contributed by atoms with van der Waals surface area (Å²) in [5.74, 6) is -0.0962. The van der Waals surface area contributed by atoms with Crippen LogP contribution in [-0.2, 0) is 0 Å². The van der Waals surface area contributed by atoms with Crippen LogP contribution in [0.15, 0.2) is 48.7 Å². The van der Waals surface area contributed by atoms with Crippen LogP contribution in [-0.4, -0.2) is 16.8 Å². The van der Waals surface area contributed by atoms with Crippen LogP contribution in [0.4, 0.5) is 10.8 Å². The molecule has 0 unspecified atom stereocenters. The molecule has 1 aromatic carbocycles. The summed E-state index contributed by atoms with van der Waals surface area (Å²) in [5.41, 5.74) is 2.17. The van der Waals surface area contributed by atoms with E-state index in [0.717, 1.165) is 11.1 Å². The number of amides is 2. The Morgan fingerprint density at radius 2 is 1.81 bits per heavy atom. The van der Waals surface area contributed by atoms with E-state index < -0.39 is 0 Å². The van der Waals surface area contributed by atoms with E-state index in [1.807, 2.05) is 19.9 Å². The van der Waals surface area contributed by atoms with Crippen LogP contribution in [0.3, 0.4) is 0 Å². The Hall–Kier alpha value is -2.70. The lowest BCUT2D eigenvalue weighted by atomic mass is 10.2. The number of thiophene rings is 1. The summed E-state index contributed by atoms with van der Waals surface area (Å²) in [6.07, 6.45) is 1.69. The molecule has 2 N–H and O–H groups in total. The van der Waals surface area contributed by atoms with Gasteiger partial charge in [0.15, 0.2) is 0 Å². The number of nitrogens with one attached hydrogen (secondary N) is 2. The Kier molecular flexibility index (Phi) is 5.35. The van der Waals surface area contributed by atoms with Crippen molar-refractivity contribution in [1.82, 2.24) is 4.98 Å². The van der Waals surface area contributed by atoms with E-state index in [1.165, 1.54) is 11.3 Å². The number of hydrogen-bond acceptors (Lipinski definition) is 4. The van der Waals surface area contributed by atoms with Gasteiger partial charge in [-0.25, -0.2) is 4.98 Å². The van der Waals surface area contributed by atoms with Gasteiger partial charge in [-0.1, -0.05) is 29.8 Å². The third-order valence-electron chi connectivity index (χ3n) is 3.63.